The second-order valence-electron chi connectivity index (χ2n) is 6.64. The number of thiophene rings is 1. The number of nitrogens with zero attached hydrogens (tertiary/aromatic N) is 1. The lowest BCUT2D eigenvalue weighted by molar-refractivity contribution is -0.140. The van der Waals surface area contributed by atoms with E-state index in [4.69, 9.17) is 25.8 Å². The molecule has 2 heterocycles. The number of hydrogen-bond acceptors (Lipinski definition) is 7. The molecule has 1 amide bonds. The number of aryl methyl sites for hydroxylation is 1. The van der Waals surface area contributed by atoms with Crippen LogP contribution in [0.4, 0.5) is 0 Å². The fourth-order valence-corrected chi connectivity index (χ4v) is 4.71. The average Bonchev–Trinajstić information content (AvgIpc) is 3.26. The third-order valence-electron chi connectivity index (χ3n) is 4.96. The van der Waals surface area contributed by atoms with Crippen LogP contribution in [0.25, 0.3) is 5.76 Å². The van der Waals surface area contributed by atoms with Gasteiger partial charge in [-0.3, -0.25) is 9.59 Å². The van der Waals surface area contributed by atoms with Gasteiger partial charge in [-0.1, -0.05) is 11.6 Å². The fourth-order valence-electron chi connectivity index (χ4n) is 3.43. The predicted molar refractivity (Wildman–Crippen MR) is 114 cm³/mol. The van der Waals surface area contributed by atoms with Gasteiger partial charge in [0, 0.05) is 24.6 Å². The zero-order chi connectivity index (χ0) is 22.0. The van der Waals surface area contributed by atoms with E-state index in [0.717, 1.165) is 10.4 Å². The summed E-state index contributed by atoms with van der Waals surface area (Å²) in [7, 11) is 4.38. The van der Waals surface area contributed by atoms with Crippen LogP contribution in [0.2, 0.25) is 5.02 Å². The van der Waals surface area contributed by atoms with Crippen LogP contribution in [-0.4, -0.2) is 56.2 Å². The molecule has 0 radical (unpaired) electrons. The van der Waals surface area contributed by atoms with Crippen molar-refractivity contribution in [2.24, 2.45) is 0 Å². The smallest absolute Gasteiger partial charge is 0.295 e. The van der Waals surface area contributed by atoms with Crippen molar-refractivity contribution in [3.05, 3.63) is 50.2 Å². The molecule has 1 aliphatic rings. The van der Waals surface area contributed by atoms with Crippen molar-refractivity contribution in [2.45, 2.75) is 13.0 Å². The van der Waals surface area contributed by atoms with Crippen molar-refractivity contribution in [1.29, 1.82) is 0 Å². The molecular formula is C21H22ClNO6S. The molecule has 0 spiro atoms. The fraction of sp³-hybridized carbons (Fsp3) is 0.333. The number of ether oxygens (including phenoxy) is 3. The van der Waals surface area contributed by atoms with Gasteiger partial charge >= 0.3 is 0 Å². The van der Waals surface area contributed by atoms with E-state index in [9.17, 15) is 14.7 Å². The molecule has 1 saturated heterocycles. The Morgan fingerprint density at radius 1 is 1.20 bits per heavy atom. The Hall–Kier alpha value is -2.55. The number of carbonyl (C=O) groups is 2. The monoisotopic (exact) mass is 451 g/mol. The van der Waals surface area contributed by atoms with Crippen molar-refractivity contribution in [3.63, 3.8) is 0 Å². The molecule has 1 aliphatic heterocycles. The van der Waals surface area contributed by atoms with Gasteiger partial charge < -0.3 is 24.2 Å². The first kappa shape index (κ1) is 22.1. The van der Waals surface area contributed by atoms with Gasteiger partial charge in [-0.25, -0.2) is 0 Å². The highest BCUT2D eigenvalue weighted by Gasteiger charge is 2.47. The number of carbonyl (C=O) groups excluding carboxylic acids is 2. The molecule has 1 N–H and O–H groups in total. The second kappa shape index (κ2) is 9.07. The van der Waals surface area contributed by atoms with Crippen LogP contribution in [0.3, 0.4) is 0 Å². The van der Waals surface area contributed by atoms with Crippen LogP contribution in [0.15, 0.2) is 29.2 Å². The molecule has 0 aliphatic carbocycles. The quantitative estimate of drug-likeness (QED) is 0.391. The van der Waals surface area contributed by atoms with E-state index in [1.165, 1.54) is 49.7 Å². The molecule has 0 saturated carbocycles. The van der Waals surface area contributed by atoms with Gasteiger partial charge in [-0.05, 0) is 30.0 Å². The van der Waals surface area contributed by atoms with Crippen LogP contribution in [-0.2, 0) is 14.3 Å². The highest BCUT2D eigenvalue weighted by Crippen LogP contribution is 2.44. The number of ketones is 1. The molecule has 1 unspecified atom stereocenters. The van der Waals surface area contributed by atoms with E-state index in [1.54, 1.807) is 0 Å². The minimum atomic E-state index is -0.766. The number of aliphatic hydroxyl groups is 1. The maximum atomic E-state index is 13.0. The van der Waals surface area contributed by atoms with Crippen LogP contribution < -0.4 is 9.47 Å². The summed E-state index contributed by atoms with van der Waals surface area (Å²) in [5.74, 6) is -1.25. The molecule has 30 heavy (non-hydrogen) atoms. The number of methoxy groups -OCH3 is 3. The minimum absolute atomic E-state index is 0.00988. The van der Waals surface area contributed by atoms with Gasteiger partial charge in [-0.2, -0.15) is 0 Å². The molecule has 2 aromatic rings. The van der Waals surface area contributed by atoms with Crippen molar-refractivity contribution in [1.82, 2.24) is 4.90 Å². The number of hydrogen-bond donors (Lipinski definition) is 1. The standard InChI is InChI=1S/C21H22ClNO6S/c1-11-5-8-30-20(11)17-16(19(25)21(26)23(17)6-7-27-2)18(24)12-9-15(29-4)13(22)10-14(12)28-3/h5,8-10,17,24H,6-7H2,1-4H3/b18-16+. The van der Waals surface area contributed by atoms with Gasteiger partial charge in [0.1, 0.15) is 17.3 Å². The molecule has 0 bridgehead atoms. The number of benzene rings is 1. The number of rotatable bonds is 7. The van der Waals surface area contributed by atoms with Crippen LogP contribution in [0.1, 0.15) is 22.0 Å². The Morgan fingerprint density at radius 2 is 1.90 bits per heavy atom. The molecule has 1 aromatic carbocycles. The summed E-state index contributed by atoms with van der Waals surface area (Å²) < 4.78 is 15.7. The van der Waals surface area contributed by atoms with Crippen LogP contribution >= 0.6 is 22.9 Å². The number of amides is 1. The first-order chi connectivity index (χ1) is 14.3. The lowest BCUT2D eigenvalue weighted by Gasteiger charge is -2.24. The molecule has 1 fully saturated rings. The average molecular weight is 452 g/mol. The molecule has 160 valence electrons. The first-order valence-corrected chi connectivity index (χ1v) is 10.3. The molecule has 1 atom stereocenters. The van der Waals surface area contributed by atoms with Crippen molar-refractivity contribution < 1.29 is 28.9 Å². The van der Waals surface area contributed by atoms with Crippen LogP contribution in [0, 0.1) is 6.92 Å². The maximum Gasteiger partial charge on any atom is 0.295 e. The Balaban J connectivity index is 2.25. The van der Waals surface area contributed by atoms with Gasteiger partial charge in [0.25, 0.3) is 11.7 Å². The van der Waals surface area contributed by atoms with Crippen molar-refractivity contribution >= 4 is 40.4 Å². The SMILES string of the molecule is COCCN1C(=O)C(=O)/C(=C(/O)c2cc(OC)c(Cl)cc2OC)C1c1sccc1C. The lowest BCUT2D eigenvalue weighted by atomic mass is 9.97. The summed E-state index contributed by atoms with van der Waals surface area (Å²) >= 11 is 7.58. The summed E-state index contributed by atoms with van der Waals surface area (Å²) in [6.07, 6.45) is 0. The number of likely N-dealkylation sites (tertiary alicyclic amines) is 1. The normalized spacial score (nSPS) is 18.2. The number of aliphatic hydroxyl groups excluding tert-OH is 1. The van der Waals surface area contributed by atoms with Crippen molar-refractivity contribution in [3.8, 4) is 11.5 Å². The molecule has 3 rings (SSSR count). The Kier molecular flexibility index (Phi) is 6.70. The number of halogens is 1. The van der Waals surface area contributed by atoms with Crippen LogP contribution in [0.5, 0.6) is 11.5 Å². The lowest BCUT2D eigenvalue weighted by Crippen LogP contribution is -2.32. The molecule has 7 nitrogen and oxygen atoms in total. The summed E-state index contributed by atoms with van der Waals surface area (Å²) in [6.45, 7) is 2.36. The maximum absolute atomic E-state index is 13.0. The van der Waals surface area contributed by atoms with Gasteiger partial charge in [0.2, 0.25) is 0 Å². The van der Waals surface area contributed by atoms with Gasteiger partial charge in [-0.15, -0.1) is 11.3 Å². The van der Waals surface area contributed by atoms with E-state index in [-0.39, 0.29) is 40.8 Å². The molecule has 9 heteroatoms. The van der Waals surface area contributed by atoms with E-state index in [2.05, 4.69) is 0 Å². The van der Waals surface area contributed by atoms with Crippen molar-refractivity contribution in [2.75, 3.05) is 34.5 Å². The van der Waals surface area contributed by atoms with E-state index < -0.39 is 17.7 Å². The first-order valence-electron chi connectivity index (χ1n) is 9.08. The third-order valence-corrected chi connectivity index (χ3v) is 6.32. The Labute approximate surface area is 183 Å². The topological polar surface area (TPSA) is 85.3 Å². The predicted octanol–water partition coefficient (Wildman–Crippen LogP) is 3.80. The Bertz CT molecular complexity index is 1010. The zero-order valence-electron chi connectivity index (χ0n) is 17.0. The molecule has 1 aromatic heterocycles. The third kappa shape index (κ3) is 3.78. The van der Waals surface area contributed by atoms with E-state index in [1.807, 2.05) is 18.4 Å². The highest BCUT2D eigenvalue weighted by molar-refractivity contribution is 7.10. The summed E-state index contributed by atoms with van der Waals surface area (Å²) in [5, 5.41) is 13.4. The Morgan fingerprint density at radius 3 is 2.47 bits per heavy atom. The minimum Gasteiger partial charge on any atom is -0.507 e. The molecular weight excluding hydrogens is 430 g/mol. The van der Waals surface area contributed by atoms with E-state index >= 15 is 0 Å². The summed E-state index contributed by atoms with van der Waals surface area (Å²) in [6, 6.07) is 4.15. The zero-order valence-corrected chi connectivity index (χ0v) is 18.6. The van der Waals surface area contributed by atoms with Gasteiger partial charge in [0.05, 0.1) is 43.0 Å². The summed E-state index contributed by atoms with van der Waals surface area (Å²) in [4.78, 5) is 28.0. The number of Topliss-reactive ketones (excluding diaryl/α,β-unsaturated/α-hetero) is 1. The summed E-state index contributed by atoms with van der Waals surface area (Å²) in [5.41, 5.74) is 1.12. The van der Waals surface area contributed by atoms with Gasteiger partial charge in [0.15, 0.2) is 0 Å². The largest absolute Gasteiger partial charge is 0.507 e. The highest BCUT2D eigenvalue weighted by atomic mass is 35.5. The van der Waals surface area contributed by atoms with E-state index in [0.29, 0.717) is 5.75 Å². The second-order valence-corrected chi connectivity index (χ2v) is 8.00.